The average molecular weight is 326 g/mol. The van der Waals surface area contributed by atoms with E-state index in [1.807, 2.05) is 30.3 Å². The molecular formula is C15H14BrClO. The molecule has 0 unspecified atom stereocenters. The molecule has 2 aromatic carbocycles. The number of hydrogen-bond acceptors (Lipinski definition) is 1. The van der Waals surface area contributed by atoms with E-state index in [1.54, 1.807) is 0 Å². The first-order chi connectivity index (χ1) is 8.60. The summed E-state index contributed by atoms with van der Waals surface area (Å²) in [7, 11) is 0. The Hall–Kier alpha value is -0.990. The van der Waals surface area contributed by atoms with Crippen molar-refractivity contribution in [3.8, 4) is 11.5 Å². The molecule has 0 aliphatic rings. The lowest BCUT2D eigenvalue weighted by molar-refractivity contribution is 0.478. The van der Waals surface area contributed by atoms with E-state index in [1.165, 1.54) is 11.1 Å². The van der Waals surface area contributed by atoms with Crippen molar-refractivity contribution in [2.45, 2.75) is 19.2 Å². The van der Waals surface area contributed by atoms with Crippen molar-refractivity contribution in [1.82, 2.24) is 0 Å². The fraction of sp³-hybridized carbons (Fsp3) is 0.200. The van der Waals surface area contributed by atoms with Gasteiger partial charge in [-0.15, -0.1) is 0 Å². The molecule has 0 aliphatic carbocycles. The monoisotopic (exact) mass is 324 g/mol. The van der Waals surface area contributed by atoms with Crippen LogP contribution in [0.2, 0.25) is 5.02 Å². The molecule has 0 heterocycles. The summed E-state index contributed by atoms with van der Waals surface area (Å²) >= 11 is 9.41. The molecule has 0 radical (unpaired) electrons. The lowest BCUT2D eigenvalue weighted by Crippen LogP contribution is -1.91. The van der Waals surface area contributed by atoms with Crippen LogP contribution < -0.4 is 4.74 Å². The minimum absolute atomic E-state index is 0.716. The summed E-state index contributed by atoms with van der Waals surface area (Å²) in [5.74, 6) is 1.68. The van der Waals surface area contributed by atoms with Gasteiger partial charge in [0.05, 0.1) is 0 Å². The maximum atomic E-state index is 5.97. The quantitative estimate of drug-likeness (QED) is 0.663. The van der Waals surface area contributed by atoms with Crippen LogP contribution in [0.1, 0.15) is 16.7 Å². The first kappa shape index (κ1) is 13.4. The Morgan fingerprint density at radius 2 is 1.83 bits per heavy atom. The number of hydrogen-bond donors (Lipinski definition) is 0. The third-order valence-corrected chi connectivity index (χ3v) is 3.71. The molecule has 0 atom stereocenters. The Kier molecular flexibility index (Phi) is 4.31. The van der Waals surface area contributed by atoms with Crippen LogP contribution in [-0.4, -0.2) is 0 Å². The smallest absolute Gasteiger partial charge is 0.131 e. The summed E-state index contributed by atoms with van der Waals surface area (Å²) in [6, 6.07) is 11.7. The minimum atomic E-state index is 0.716. The zero-order valence-electron chi connectivity index (χ0n) is 10.3. The summed E-state index contributed by atoms with van der Waals surface area (Å²) in [6.45, 7) is 4.17. The van der Waals surface area contributed by atoms with Gasteiger partial charge in [-0.2, -0.15) is 0 Å². The molecule has 18 heavy (non-hydrogen) atoms. The zero-order chi connectivity index (χ0) is 13.1. The molecule has 0 saturated carbocycles. The minimum Gasteiger partial charge on any atom is -0.457 e. The van der Waals surface area contributed by atoms with Gasteiger partial charge in [0.2, 0.25) is 0 Å². The number of alkyl halides is 1. The SMILES string of the molecule is Cc1ccc(Oc2ccc(Cl)cc2CBr)cc1C. The number of ether oxygens (including phenoxy) is 1. The van der Waals surface area contributed by atoms with Gasteiger partial charge >= 0.3 is 0 Å². The van der Waals surface area contributed by atoms with E-state index in [2.05, 4.69) is 35.8 Å². The third-order valence-electron chi connectivity index (χ3n) is 2.87. The number of aryl methyl sites for hydroxylation is 2. The predicted octanol–water partition coefficient (Wildman–Crippen LogP) is 5.64. The molecule has 0 aliphatic heterocycles. The van der Waals surface area contributed by atoms with Gasteiger partial charge in [0.1, 0.15) is 11.5 Å². The van der Waals surface area contributed by atoms with E-state index in [0.29, 0.717) is 5.33 Å². The largest absolute Gasteiger partial charge is 0.457 e. The van der Waals surface area contributed by atoms with E-state index in [4.69, 9.17) is 16.3 Å². The van der Waals surface area contributed by atoms with Gasteiger partial charge in [0.15, 0.2) is 0 Å². The van der Waals surface area contributed by atoms with E-state index in [-0.39, 0.29) is 0 Å². The topological polar surface area (TPSA) is 9.23 Å². The Labute approximate surface area is 121 Å². The highest BCUT2D eigenvalue weighted by Gasteiger charge is 2.05. The van der Waals surface area contributed by atoms with Gasteiger partial charge in [-0.05, 0) is 55.3 Å². The van der Waals surface area contributed by atoms with Gasteiger partial charge in [-0.1, -0.05) is 33.6 Å². The van der Waals surface area contributed by atoms with Crippen molar-refractivity contribution >= 4 is 27.5 Å². The summed E-state index contributed by atoms with van der Waals surface area (Å²) in [5, 5.41) is 1.44. The lowest BCUT2D eigenvalue weighted by Gasteiger charge is -2.11. The van der Waals surface area contributed by atoms with Gasteiger partial charge in [-0.3, -0.25) is 0 Å². The van der Waals surface area contributed by atoms with E-state index in [0.717, 1.165) is 22.1 Å². The molecule has 0 spiro atoms. The predicted molar refractivity (Wildman–Crippen MR) is 80.1 cm³/mol. The van der Waals surface area contributed by atoms with E-state index >= 15 is 0 Å². The fourth-order valence-corrected chi connectivity index (χ4v) is 2.29. The maximum Gasteiger partial charge on any atom is 0.131 e. The second-order valence-electron chi connectivity index (χ2n) is 4.23. The van der Waals surface area contributed by atoms with Crippen molar-refractivity contribution in [1.29, 1.82) is 0 Å². The van der Waals surface area contributed by atoms with Crippen LogP contribution in [0.25, 0.3) is 0 Å². The van der Waals surface area contributed by atoms with Crippen molar-refractivity contribution in [3.63, 3.8) is 0 Å². The van der Waals surface area contributed by atoms with Crippen LogP contribution in [0.15, 0.2) is 36.4 Å². The van der Waals surface area contributed by atoms with Gasteiger partial charge in [0, 0.05) is 15.9 Å². The molecule has 3 heteroatoms. The number of benzene rings is 2. The summed E-state index contributed by atoms with van der Waals surface area (Å²) in [6.07, 6.45) is 0. The Bertz CT molecular complexity index is 566. The van der Waals surface area contributed by atoms with Crippen LogP contribution in [0.3, 0.4) is 0 Å². The average Bonchev–Trinajstić information content (AvgIpc) is 2.36. The van der Waals surface area contributed by atoms with Crippen LogP contribution in [0, 0.1) is 13.8 Å². The first-order valence-electron chi connectivity index (χ1n) is 5.69. The Morgan fingerprint density at radius 3 is 2.50 bits per heavy atom. The molecule has 2 aromatic rings. The van der Waals surface area contributed by atoms with Gasteiger partial charge in [0.25, 0.3) is 0 Å². The van der Waals surface area contributed by atoms with Gasteiger partial charge < -0.3 is 4.74 Å². The number of halogens is 2. The molecule has 0 saturated heterocycles. The summed E-state index contributed by atoms with van der Waals surface area (Å²) in [5.41, 5.74) is 3.53. The highest BCUT2D eigenvalue weighted by atomic mass is 79.9. The third kappa shape index (κ3) is 3.06. The Balaban J connectivity index is 2.30. The van der Waals surface area contributed by atoms with Crippen molar-refractivity contribution in [2.24, 2.45) is 0 Å². The second kappa shape index (κ2) is 5.77. The molecule has 1 nitrogen and oxygen atoms in total. The highest BCUT2D eigenvalue weighted by molar-refractivity contribution is 9.08. The molecule has 0 fully saturated rings. The molecule has 0 N–H and O–H groups in total. The van der Waals surface area contributed by atoms with Crippen LogP contribution in [-0.2, 0) is 5.33 Å². The zero-order valence-corrected chi connectivity index (χ0v) is 12.7. The Morgan fingerprint density at radius 1 is 1.06 bits per heavy atom. The van der Waals surface area contributed by atoms with Crippen molar-refractivity contribution in [2.75, 3.05) is 0 Å². The van der Waals surface area contributed by atoms with Crippen molar-refractivity contribution in [3.05, 3.63) is 58.1 Å². The standard InChI is InChI=1S/C15H14BrClO/c1-10-3-5-14(7-11(10)2)18-15-6-4-13(17)8-12(15)9-16/h3-8H,9H2,1-2H3. The lowest BCUT2D eigenvalue weighted by atomic mass is 10.1. The van der Waals surface area contributed by atoms with Gasteiger partial charge in [-0.25, -0.2) is 0 Å². The fourth-order valence-electron chi connectivity index (χ4n) is 1.66. The normalized spacial score (nSPS) is 10.4. The molecule has 94 valence electrons. The van der Waals surface area contributed by atoms with E-state index < -0.39 is 0 Å². The first-order valence-corrected chi connectivity index (χ1v) is 7.19. The van der Waals surface area contributed by atoms with Crippen molar-refractivity contribution < 1.29 is 4.74 Å². The maximum absolute atomic E-state index is 5.97. The van der Waals surface area contributed by atoms with Crippen LogP contribution >= 0.6 is 27.5 Å². The highest BCUT2D eigenvalue weighted by Crippen LogP contribution is 2.30. The van der Waals surface area contributed by atoms with Crippen LogP contribution in [0.5, 0.6) is 11.5 Å². The van der Waals surface area contributed by atoms with Crippen LogP contribution in [0.4, 0.5) is 0 Å². The molecular weight excluding hydrogens is 312 g/mol. The molecule has 0 bridgehead atoms. The number of rotatable bonds is 3. The summed E-state index contributed by atoms with van der Waals surface area (Å²) < 4.78 is 5.90. The molecule has 0 amide bonds. The second-order valence-corrected chi connectivity index (χ2v) is 5.23. The van der Waals surface area contributed by atoms with E-state index in [9.17, 15) is 0 Å². The summed E-state index contributed by atoms with van der Waals surface area (Å²) in [4.78, 5) is 0. The molecule has 0 aromatic heterocycles. The molecule has 2 rings (SSSR count).